The van der Waals surface area contributed by atoms with Gasteiger partial charge in [0.05, 0.1) is 11.7 Å². The van der Waals surface area contributed by atoms with Crippen LogP contribution in [-0.2, 0) is 4.74 Å². The lowest BCUT2D eigenvalue weighted by molar-refractivity contribution is 0.143. The van der Waals surface area contributed by atoms with Crippen molar-refractivity contribution in [1.29, 1.82) is 0 Å². The molecule has 2 aliphatic rings. The van der Waals surface area contributed by atoms with Crippen molar-refractivity contribution >= 4 is 11.8 Å². The van der Waals surface area contributed by atoms with Gasteiger partial charge in [-0.05, 0) is 12.1 Å². The van der Waals surface area contributed by atoms with Crippen molar-refractivity contribution in [3.8, 4) is 0 Å². The highest BCUT2D eigenvalue weighted by atomic mass is 19.1. The molecular formula is C11H11FN2O2. The molecule has 1 aromatic carbocycles. The second kappa shape index (κ2) is 3.45. The predicted octanol–water partition coefficient (Wildman–Crippen LogP) is 1.12. The summed E-state index contributed by atoms with van der Waals surface area (Å²) >= 11 is 0. The molecule has 3 rings (SSSR count). The van der Waals surface area contributed by atoms with Crippen LogP contribution in [0.1, 0.15) is 0 Å². The Morgan fingerprint density at radius 2 is 2.19 bits per heavy atom. The second-order valence-electron chi connectivity index (χ2n) is 3.97. The van der Waals surface area contributed by atoms with Gasteiger partial charge in [-0.1, -0.05) is 12.1 Å². The SMILES string of the molecule is O=C1OC2CNCC2N1c1ccccc1F. The Bertz CT molecular complexity index is 438. The molecule has 2 atom stereocenters. The highest BCUT2D eigenvalue weighted by molar-refractivity contribution is 5.91. The van der Waals surface area contributed by atoms with E-state index in [1.165, 1.54) is 11.0 Å². The molecule has 1 amide bonds. The molecule has 2 aliphatic heterocycles. The Morgan fingerprint density at radius 1 is 1.38 bits per heavy atom. The number of amides is 1. The molecule has 0 radical (unpaired) electrons. The van der Waals surface area contributed by atoms with Crippen LogP contribution in [0, 0.1) is 5.82 Å². The van der Waals surface area contributed by atoms with E-state index in [1.807, 2.05) is 0 Å². The van der Waals surface area contributed by atoms with Gasteiger partial charge in [-0.15, -0.1) is 0 Å². The first kappa shape index (κ1) is 9.59. The molecule has 0 aromatic heterocycles. The fourth-order valence-corrected chi connectivity index (χ4v) is 2.26. The molecule has 16 heavy (non-hydrogen) atoms. The van der Waals surface area contributed by atoms with Crippen LogP contribution in [0.2, 0.25) is 0 Å². The summed E-state index contributed by atoms with van der Waals surface area (Å²) in [7, 11) is 0. The van der Waals surface area contributed by atoms with Crippen LogP contribution in [0.4, 0.5) is 14.9 Å². The number of fused-ring (bicyclic) bond motifs is 1. The van der Waals surface area contributed by atoms with E-state index in [4.69, 9.17) is 4.74 Å². The van der Waals surface area contributed by atoms with E-state index in [0.717, 1.165) is 0 Å². The highest BCUT2D eigenvalue weighted by Crippen LogP contribution is 2.30. The lowest BCUT2D eigenvalue weighted by atomic mass is 10.2. The number of benzene rings is 1. The minimum Gasteiger partial charge on any atom is -0.442 e. The van der Waals surface area contributed by atoms with Crippen molar-refractivity contribution in [3.63, 3.8) is 0 Å². The van der Waals surface area contributed by atoms with E-state index in [1.54, 1.807) is 18.2 Å². The summed E-state index contributed by atoms with van der Waals surface area (Å²) in [5, 5.41) is 3.12. The van der Waals surface area contributed by atoms with Crippen LogP contribution in [-0.4, -0.2) is 31.3 Å². The average molecular weight is 222 g/mol. The Morgan fingerprint density at radius 3 is 3.00 bits per heavy atom. The number of carbonyl (C=O) groups excluding carboxylic acids is 1. The first-order valence-corrected chi connectivity index (χ1v) is 5.22. The maximum Gasteiger partial charge on any atom is 0.415 e. The molecule has 5 heteroatoms. The fourth-order valence-electron chi connectivity index (χ4n) is 2.26. The molecule has 1 N–H and O–H groups in total. The molecule has 1 aromatic rings. The van der Waals surface area contributed by atoms with Gasteiger partial charge in [0.25, 0.3) is 0 Å². The van der Waals surface area contributed by atoms with Crippen LogP contribution in [0.5, 0.6) is 0 Å². The van der Waals surface area contributed by atoms with Crippen LogP contribution in [0.15, 0.2) is 24.3 Å². The number of carbonyl (C=O) groups is 1. The van der Waals surface area contributed by atoms with E-state index in [0.29, 0.717) is 18.8 Å². The average Bonchev–Trinajstić information content (AvgIpc) is 2.79. The van der Waals surface area contributed by atoms with E-state index in [2.05, 4.69) is 5.32 Å². The lowest BCUT2D eigenvalue weighted by Crippen LogP contribution is -2.37. The number of para-hydroxylation sites is 1. The third kappa shape index (κ3) is 1.28. The van der Waals surface area contributed by atoms with Crippen LogP contribution in [0.3, 0.4) is 0 Å². The van der Waals surface area contributed by atoms with Gasteiger partial charge in [0.15, 0.2) is 0 Å². The molecule has 0 aliphatic carbocycles. The number of anilines is 1. The third-order valence-corrected chi connectivity index (χ3v) is 3.02. The van der Waals surface area contributed by atoms with E-state index >= 15 is 0 Å². The summed E-state index contributed by atoms with van der Waals surface area (Å²) in [6.07, 6.45) is -0.617. The minimum absolute atomic E-state index is 0.0931. The van der Waals surface area contributed by atoms with Gasteiger partial charge >= 0.3 is 6.09 Å². The first-order valence-electron chi connectivity index (χ1n) is 5.22. The van der Waals surface area contributed by atoms with Gasteiger partial charge in [-0.2, -0.15) is 0 Å². The summed E-state index contributed by atoms with van der Waals surface area (Å²) < 4.78 is 18.8. The highest BCUT2D eigenvalue weighted by Gasteiger charge is 2.46. The number of ether oxygens (including phenoxy) is 1. The van der Waals surface area contributed by atoms with Gasteiger partial charge in [0, 0.05) is 13.1 Å². The van der Waals surface area contributed by atoms with Crippen molar-refractivity contribution < 1.29 is 13.9 Å². The van der Waals surface area contributed by atoms with Gasteiger partial charge in [-0.25, -0.2) is 9.18 Å². The van der Waals surface area contributed by atoms with Crippen LogP contribution >= 0.6 is 0 Å². The van der Waals surface area contributed by atoms with Crippen LogP contribution < -0.4 is 10.2 Å². The number of nitrogens with zero attached hydrogens (tertiary/aromatic N) is 1. The Hall–Kier alpha value is -1.62. The van der Waals surface area contributed by atoms with Crippen molar-refractivity contribution in [3.05, 3.63) is 30.1 Å². The summed E-state index contributed by atoms with van der Waals surface area (Å²) in [6.45, 7) is 1.28. The molecule has 84 valence electrons. The van der Waals surface area contributed by atoms with Crippen molar-refractivity contribution in [2.24, 2.45) is 0 Å². The zero-order valence-electron chi connectivity index (χ0n) is 8.52. The number of hydrogen-bond donors (Lipinski definition) is 1. The van der Waals surface area contributed by atoms with E-state index < -0.39 is 11.9 Å². The number of hydrogen-bond acceptors (Lipinski definition) is 3. The number of nitrogens with one attached hydrogen (secondary N) is 1. The fraction of sp³-hybridized carbons (Fsp3) is 0.364. The predicted molar refractivity (Wildman–Crippen MR) is 55.8 cm³/mol. The lowest BCUT2D eigenvalue weighted by Gasteiger charge is -2.20. The Kier molecular flexibility index (Phi) is 2.07. The van der Waals surface area contributed by atoms with Crippen LogP contribution in [0.25, 0.3) is 0 Å². The number of halogens is 1. The minimum atomic E-state index is -0.457. The molecule has 0 bridgehead atoms. The van der Waals surface area contributed by atoms with Gasteiger partial charge in [-0.3, -0.25) is 4.90 Å². The van der Waals surface area contributed by atoms with Gasteiger partial charge in [0.2, 0.25) is 0 Å². The van der Waals surface area contributed by atoms with E-state index in [9.17, 15) is 9.18 Å². The normalized spacial score (nSPS) is 28.1. The molecule has 0 saturated carbocycles. The second-order valence-corrected chi connectivity index (χ2v) is 3.97. The monoisotopic (exact) mass is 222 g/mol. The van der Waals surface area contributed by atoms with Crippen molar-refractivity contribution in [1.82, 2.24) is 5.32 Å². The topological polar surface area (TPSA) is 41.6 Å². The van der Waals surface area contributed by atoms with Gasteiger partial charge in [0.1, 0.15) is 11.9 Å². The van der Waals surface area contributed by atoms with Crippen molar-refractivity contribution in [2.75, 3.05) is 18.0 Å². The summed E-state index contributed by atoms with van der Waals surface area (Å²) in [5.74, 6) is -0.396. The summed E-state index contributed by atoms with van der Waals surface area (Å²) in [4.78, 5) is 13.1. The summed E-state index contributed by atoms with van der Waals surface area (Å²) in [6, 6.07) is 6.16. The number of rotatable bonds is 1. The molecule has 2 fully saturated rings. The molecule has 4 nitrogen and oxygen atoms in total. The third-order valence-electron chi connectivity index (χ3n) is 3.02. The molecule has 2 unspecified atom stereocenters. The zero-order valence-corrected chi connectivity index (χ0v) is 8.52. The molecule has 0 spiro atoms. The maximum atomic E-state index is 13.6. The van der Waals surface area contributed by atoms with E-state index in [-0.39, 0.29) is 12.1 Å². The van der Waals surface area contributed by atoms with Gasteiger partial charge < -0.3 is 10.1 Å². The quantitative estimate of drug-likeness (QED) is 0.774. The maximum absolute atomic E-state index is 13.6. The largest absolute Gasteiger partial charge is 0.442 e. The molecular weight excluding hydrogens is 211 g/mol. The summed E-state index contributed by atoms with van der Waals surface area (Å²) in [5.41, 5.74) is 0.295. The molecule has 2 heterocycles. The first-order chi connectivity index (χ1) is 7.77. The Labute approximate surface area is 92.0 Å². The molecule has 2 saturated heterocycles. The zero-order chi connectivity index (χ0) is 11.1. The standard InChI is InChI=1S/C11H11FN2O2/c12-7-3-1-2-4-8(7)14-9-5-13-6-10(9)16-11(14)15/h1-4,9-10,13H,5-6H2. The van der Waals surface area contributed by atoms with Crippen molar-refractivity contribution in [2.45, 2.75) is 12.1 Å². The smallest absolute Gasteiger partial charge is 0.415 e. The Balaban J connectivity index is 2.00.